The topological polar surface area (TPSA) is 38.9 Å². The molecule has 1 aromatic rings. The number of hydrogen-bond donors (Lipinski definition) is 0. The number of aromatic nitrogens is 2. The highest BCUT2D eigenvalue weighted by Gasteiger charge is 2.12. The summed E-state index contributed by atoms with van der Waals surface area (Å²) >= 11 is 0. The fraction of sp³-hybridized carbons (Fsp3) is 0.636. The van der Waals surface area contributed by atoms with Gasteiger partial charge in [-0.3, -0.25) is 0 Å². The van der Waals surface area contributed by atoms with Crippen LogP contribution in [0.3, 0.4) is 0 Å². The molecule has 3 heteroatoms. The molecule has 0 amide bonds. The predicted octanol–water partition coefficient (Wildman–Crippen LogP) is 3.47. The molecule has 0 saturated heterocycles. The Morgan fingerprint density at radius 2 is 1.71 bits per heavy atom. The van der Waals surface area contributed by atoms with Crippen LogP contribution in [0.4, 0.5) is 0 Å². The highest BCUT2D eigenvalue weighted by Crippen LogP contribution is 2.19. The van der Waals surface area contributed by atoms with E-state index in [1.807, 2.05) is 33.8 Å². The monoisotopic (exact) mass is 196 g/mol. The van der Waals surface area contributed by atoms with E-state index < -0.39 is 0 Å². The summed E-state index contributed by atoms with van der Waals surface area (Å²) in [6, 6.07) is 0. The molecule has 0 unspecified atom stereocenters. The summed E-state index contributed by atoms with van der Waals surface area (Å²) in [5.74, 6) is 0. The molecule has 0 aromatic carbocycles. The summed E-state index contributed by atoms with van der Waals surface area (Å²) in [5.41, 5.74) is 3.25. The maximum absolute atomic E-state index is 4.57. The number of nitrogens with zero attached hydrogens (tertiary/aromatic N) is 2. The summed E-state index contributed by atoms with van der Waals surface area (Å²) in [6.07, 6.45) is 4.08. The van der Waals surface area contributed by atoms with E-state index in [0.717, 1.165) is 24.2 Å². The van der Waals surface area contributed by atoms with Crippen molar-refractivity contribution in [3.63, 3.8) is 0 Å². The van der Waals surface area contributed by atoms with Gasteiger partial charge >= 0.3 is 0 Å². The van der Waals surface area contributed by atoms with Crippen LogP contribution in [0, 0.1) is 0 Å². The molecule has 0 fully saturated rings. The number of fused-ring (bicyclic) bond motifs is 1. The Labute approximate surface area is 86.2 Å². The van der Waals surface area contributed by atoms with Crippen molar-refractivity contribution < 1.29 is 4.63 Å². The molecule has 0 spiro atoms. The fourth-order valence-electron chi connectivity index (χ4n) is 1.12. The molecule has 80 valence electrons. The van der Waals surface area contributed by atoms with E-state index in [2.05, 4.69) is 21.9 Å². The van der Waals surface area contributed by atoms with Gasteiger partial charge in [-0.2, -0.15) is 0 Å². The molecule has 0 aliphatic heterocycles. The Hall–Kier alpha value is -1.12. The summed E-state index contributed by atoms with van der Waals surface area (Å²) < 4.78 is 4.57. The SMILES string of the molecule is CC.CC.CC1=Cc2nonc2CC1. The minimum absolute atomic E-state index is 0.906. The van der Waals surface area contributed by atoms with Gasteiger partial charge in [0.1, 0.15) is 11.4 Å². The maximum atomic E-state index is 4.57. The van der Waals surface area contributed by atoms with E-state index in [1.54, 1.807) is 0 Å². The molecule has 0 radical (unpaired) electrons. The molecule has 1 aromatic heterocycles. The summed E-state index contributed by atoms with van der Waals surface area (Å²) in [6.45, 7) is 10.1. The van der Waals surface area contributed by atoms with Crippen LogP contribution >= 0.6 is 0 Å². The lowest BCUT2D eigenvalue weighted by atomic mass is 10.0. The van der Waals surface area contributed by atoms with Crippen LogP contribution in [0.15, 0.2) is 10.2 Å². The van der Waals surface area contributed by atoms with Gasteiger partial charge in [-0.25, -0.2) is 4.63 Å². The van der Waals surface area contributed by atoms with Crippen LogP contribution in [0.2, 0.25) is 0 Å². The quantitative estimate of drug-likeness (QED) is 0.637. The molecular weight excluding hydrogens is 176 g/mol. The Bertz CT molecular complexity index is 277. The largest absolute Gasteiger partial charge is 0.244 e. The predicted molar refractivity (Wildman–Crippen MR) is 59.0 cm³/mol. The second-order valence-electron chi connectivity index (χ2n) is 2.59. The third-order valence-corrected chi connectivity index (χ3v) is 1.73. The van der Waals surface area contributed by atoms with Gasteiger partial charge < -0.3 is 0 Å². The van der Waals surface area contributed by atoms with E-state index in [-0.39, 0.29) is 0 Å². The second-order valence-corrected chi connectivity index (χ2v) is 2.59. The number of aryl methyl sites for hydroxylation is 1. The minimum Gasteiger partial charge on any atom is -0.244 e. The third-order valence-electron chi connectivity index (χ3n) is 1.73. The van der Waals surface area contributed by atoms with Crippen molar-refractivity contribution in [3.05, 3.63) is 17.0 Å². The van der Waals surface area contributed by atoms with Crippen molar-refractivity contribution in [2.75, 3.05) is 0 Å². The van der Waals surface area contributed by atoms with E-state index in [0.29, 0.717) is 0 Å². The first-order valence-electron chi connectivity index (χ1n) is 5.35. The molecule has 1 heterocycles. The summed E-state index contributed by atoms with van der Waals surface area (Å²) in [4.78, 5) is 0. The van der Waals surface area contributed by atoms with Gasteiger partial charge in [-0.1, -0.05) is 43.6 Å². The van der Waals surface area contributed by atoms with Gasteiger partial charge in [0.2, 0.25) is 0 Å². The van der Waals surface area contributed by atoms with Gasteiger partial charge in [0.25, 0.3) is 0 Å². The van der Waals surface area contributed by atoms with Gasteiger partial charge in [-0.05, 0) is 25.8 Å². The fourth-order valence-corrected chi connectivity index (χ4v) is 1.12. The molecule has 14 heavy (non-hydrogen) atoms. The van der Waals surface area contributed by atoms with Crippen molar-refractivity contribution in [1.29, 1.82) is 0 Å². The lowest BCUT2D eigenvalue weighted by molar-refractivity contribution is 0.303. The molecule has 1 aliphatic carbocycles. The molecule has 1 aliphatic rings. The number of allylic oxidation sites excluding steroid dienone is 1. The smallest absolute Gasteiger partial charge is 0.130 e. The zero-order chi connectivity index (χ0) is 11.0. The Morgan fingerprint density at radius 1 is 1.07 bits per heavy atom. The first-order valence-corrected chi connectivity index (χ1v) is 5.35. The average Bonchev–Trinajstić information content (AvgIpc) is 2.71. The van der Waals surface area contributed by atoms with Gasteiger partial charge in [0, 0.05) is 0 Å². The lowest BCUT2D eigenvalue weighted by Crippen LogP contribution is -1.95. The first-order chi connectivity index (χ1) is 6.86. The zero-order valence-electron chi connectivity index (χ0n) is 9.79. The highest BCUT2D eigenvalue weighted by molar-refractivity contribution is 5.52. The molecular formula is C11H20N2O. The lowest BCUT2D eigenvalue weighted by Gasteiger charge is -2.03. The Balaban J connectivity index is 0.000000379. The van der Waals surface area contributed by atoms with Crippen LogP contribution in [0.5, 0.6) is 0 Å². The van der Waals surface area contributed by atoms with Crippen LogP contribution in [0.25, 0.3) is 6.08 Å². The van der Waals surface area contributed by atoms with E-state index in [1.165, 1.54) is 5.57 Å². The number of hydrogen-bond acceptors (Lipinski definition) is 3. The third kappa shape index (κ3) is 3.32. The minimum atomic E-state index is 0.906. The molecule has 3 nitrogen and oxygen atoms in total. The van der Waals surface area contributed by atoms with Crippen LogP contribution in [-0.4, -0.2) is 10.3 Å². The van der Waals surface area contributed by atoms with Crippen molar-refractivity contribution >= 4 is 6.08 Å². The van der Waals surface area contributed by atoms with Crippen LogP contribution in [0.1, 0.15) is 52.4 Å². The molecule has 2 rings (SSSR count). The summed E-state index contributed by atoms with van der Waals surface area (Å²) in [7, 11) is 0. The normalized spacial score (nSPS) is 12.5. The molecule has 0 N–H and O–H groups in total. The second kappa shape index (κ2) is 7.30. The molecule has 0 atom stereocenters. The number of rotatable bonds is 0. The molecule has 0 bridgehead atoms. The summed E-state index contributed by atoms with van der Waals surface area (Å²) in [5, 5.41) is 7.51. The first kappa shape index (κ1) is 12.9. The standard InChI is InChI=1S/C7H8N2O.2C2H6/c1-5-2-3-6-7(4-5)9-10-8-6;2*1-2/h4H,2-3H2,1H3;2*1-2H3. The zero-order valence-corrected chi connectivity index (χ0v) is 9.79. The maximum Gasteiger partial charge on any atom is 0.130 e. The van der Waals surface area contributed by atoms with Gasteiger partial charge in [0.15, 0.2) is 0 Å². The molecule has 0 saturated carbocycles. The van der Waals surface area contributed by atoms with E-state index in [4.69, 9.17) is 0 Å². The van der Waals surface area contributed by atoms with Gasteiger partial charge in [-0.15, -0.1) is 0 Å². The van der Waals surface area contributed by atoms with Crippen molar-refractivity contribution in [1.82, 2.24) is 10.3 Å². The van der Waals surface area contributed by atoms with Crippen molar-refractivity contribution in [2.24, 2.45) is 0 Å². The van der Waals surface area contributed by atoms with Crippen LogP contribution in [-0.2, 0) is 6.42 Å². The van der Waals surface area contributed by atoms with E-state index in [9.17, 15) is 0 Å². The van der Waals surface area contributed by atoms with Crippen molar-refractivity contribution in [3.8, 4) is 0 Å². The van der Waals surface area contributed by atoms with E-state index >= 15 is 0 Å². The van der Waals surface area contributed by atoms with Crippen molar-refractivity contribution in [2.45, 2.75) is 47.5 Å². The highest BCUT2D eigenvalue weighted by atomic mass is 16.6. The Morgan fingerprint density at radius 3 is 2.36 bits per heavy atom. The average molecular weight is 196 g/mol. The van der Waals surface area contributed by atoms with Gasteiger partial charge in [0.05, 0.1) is 0 Å². The van der Waals surface area contributed by atoms with Crippen LogP contribution < -0.4 is 0 Å². The Kier molecular flexibility index (Phi) is 6.72.